The quantitative estimate of drug-likeness (QED) is 0.654. The van der Waals surface area contributed by atoms with Crippen LogP contribution in [0.1, 0.15) is 32.6 Å². The first-order valence-electron chi connectivity index (χ1n) is 6.86. The van der Waals surface area contributed by atoms with Crippen molar-refractivity contribution in [1.82, 2.24) is 4.98 Å². The molecule has 1 N–H and O–H groups in total. The summed E-state index contributed by atoms with van der Waals surface area (Å²) in [5.74, 6) is 1.22. The summed E-state index contributed by atoms with van der Waals surface area (Å²) in [4.78, 5) is 17.2. The Kier molecular flexibility index (Phi) is 4.54. The van der Waals surface area contributed by atoms with Gasteiger partial charge in [-0.1, -0.05) is 6.92 Å². The molecule has 1 aliphatic rings. The molecule has 1 fully saturated rings. The monoisotopic (exact) mass is 264 g/mol. The number of piperidine rings is 1. The van der Waals surface area contributed by atoms with E-state index in [1.165, 1.54) is 6.42 Å². The van der Waals surface area contributed by atoms with E-state index >= 15 is 0 Å². The lowest BCUT2D eigenvalue weighted by Crippen LogP contribution is -2.31. The Bertz CT molecular complexity index is 444. The molecule has 0 unspecified atom stereocenters. The molecule has 1 aromatic heterocycles. The van der Waals surface area contributed by atoms with Gasteiger partial charge in [-0.05, 0) is 31.7 Å². The molecule has 1 aromatic rings. The van der Waals surface area contributed by atoms with Gasteiger partial charge >= 0.3 is 5.69 Å². The number of nitro groups is 1. The fraction of sp³-hybridized carbons (Fsp3) is 0.615. The fourth-order valence-electron chi connectivity index (χ4n) is 2.27. The van der Waals surface area contributed by atoms with Gasteiger partial charge in [0.2, 0.25) is 5.82 Å². The number of pyridine rings is 1. The minimum absolute atomic E-state index is 0.101. The van der Waals surface area contributed by atoms with Gasteiger partial charge in [0.15, 0.2) is 0 Å². The van der Waals surface area contributed by atoms with Crippen LogP contribution >= 0.6 is 0 Å². The molecule has 2 heterocycles. The second kappa shape index (κ2) is 6.36. The van der Waals surface area contributed by atoms with E-state index in [0.29, 0.717) is 11.6 Å². The number of hydrogen-bond donors (Lipinski definition) is 1. The van der Waals surface area contributed by atoms with Crippen LogP contribution in [0, 0.1) is 10.1 Å². The van der Waals surface area contributed by atoms with Gasteiger partial charge in [0.1, 0.15) is 5.82 Å². The van der Waals surface area contributed by atoms with Crippen LogP contribution in [0.2, 0.25) is 0 Å². The smallest absolute Gasteiger partial charge is 0.311 e. The van der Waals surface area contributed by atoms with Crippen molar-refractivity contribution in [2.75, 3.05) is 29.9 Å². The summed E-state index contributed by atoms with van der Waals surface area (Å²) in [5.41, 5.74) is 0.101. The van der Waals surface area contributed by atoms with Gasteiger partial charge in [-0.15, -0.1) is 0 Å². The topological polar surface area (TPSA) is 71.3 Å². The van der Waals surface area contributed by atoms with Crippen molar-refractivity contribution in [3.63, 3.8) is 0 Å². The highest BCUT2D eigenvalue weighted by Crippen LogP contribution is 2.29. The van der Waals surface area contributed by atoms with E-state index in [1.54, 1.807) is 12.1 Å². The Labute approximate surface area is 113 Å². The van der Waals surface area contributed by atoms with Gasteiger partial charge in [-0.25, -0.2) is 4.98 Å². The van der Waals surface area contributed by atoms with Gasteiger partial charge in [0.25, 0.3) is 0 Å². The Hall–Kier alpha value is -1.85. The number of nitrogens with one attached hydrogen (secondary N) is 1. The molecule has 0 atom stereocenters. The first-order chi connectivity index (χ1) is 9.22. The summed E-state index contributed by atoms with van der Waals surface area (Å²) in [7, 11) is 0. The first kappa shape index (κ1) is 13.6. The zero-order chi connectivity index (χ0) is 13.7. The zero-order valence-electron chi connectivity index (χ0n) is 11.3. The maximum atomic E-state index is 11.1. The van der Waals surface area contributed by atoms with Crippen LogP contribution < -0.4 is 10.2 Å². The third-order valence-electron chi connectivity index (χ3n) is 3.26. The Morgan fingerprint density at radius 1 is 1.37 bits per heavy atom. The lowest BCUT2D eigenvalue weighted by Gasteiger charge is -2.27. The molecule has 0 aromatic carbocycles. The van der Waals surface area contributed by atoms with Crippen molar-refractivity contribution in [2.45, 2.75) is 32.6 Å². The van der Waals surface area contributed by atoms with Crippen LogP contribution in [-0.2, 0) is 0 Å². The first-order valence-corrected chi connectivity index (χ1v) is 6.86. The Morgan fingerprint density at radius 3 is 2.74 bits per heavy atom. The van der Waals surface area contributed by atoms with Crippen molar-refractivity contribution in [3.8, 4) is 0 Å². The number of aromatic nitrogens is 1. The van der Waals surface area contributed by atoms with E-state index < -0.39 is 0 Å². The van der Waals surface area contributed by atoms with E-state index in [2.05, 4.69) is 17.2 Å². The zero-order valence-corrected chi connectivity index (χ0v) is 11.3. The average Bonchev–Trinajstić information content (AvgIpc) is 2.45. The third-order valence-corrected chi connectivity index (χ3v) is 3.26. The van der Waals surface area contributed by atoms with Gasteiger partial charge in [-0.2, -0.15) is 0 Å². The molecule has 2 rings (SSSR count). The summed E-state index contributed by atoms with van der Waals surface area (Å²) >= 11 is 0. The van der Waals surface area contributed by atoms with Crippen LogP contribution in [0.3, 0.4) is 0 Å². The second-order valence-electron chi connectivity index (χ2n) is 4.77. The Balaban J connectivity index is 2.27. The molecular formula is C13H20N4O2. The third kappa shape index (κ3) is 3.33. The maximum absolute atomic E-state index is 11.1. The molecule has 0 spiro atoms. The highest BCUT2D eigenvalue weighted by molar-refractivity contribution is 5.62. The van der Waals surface area contributed by atoms with Gasteiger partial charge in [0.05, 0.1) is 4.92 Å². The SMILES string of the molecule is CCCNc1ccc([N+](=O)[O-])c(N2CCCCC2)n1. The largest absolute Gasteiger partial charge is 0.370 e. The van der Waals surface area contributed by atoms with E-state index in [4.69, 9.17) is 0 Å². The highest BCUT2D eigenvalue weighted by Gasteiger charge is 2.23. The molecule has 6 nitrogen and oxygen atoms in total. The van der Waals surface area contributed by atoms with Crippen LogP contribution in [0.4, 0.5) is 17.3 Å². The summed E-state index contributed by atoms with van der Waals surface area (Å²) in [6.45, 7) is 4.60. The fourth-order valence-corrected chi connectivity index (χ4v) is 2.27. The maximum Gasteiger partial charge on any atom is 0.311 e. The number of rotatable bonds is 5. The second-order valence-corrected chi connectivity index (χ2v) is 4.77. The van der Waals surface area contributed by atoms with Crippen LogP contribution in [0.5, 0.6) is 0 Å². The molecule has 0 amide bonds. The van der Waals surface area contributed by atoms with Crippen LogP contribution in [-0.4, -0.2) is 29.5 Å². The summed E-state index contributed by atoms with van der Waals surface area (Å²) in [6.07, 6.45) is 4.34. The van der Waals surface area contributed by atoms with Crippen molar-refractivity contribution in [3.05, 3.63) is 22.2 Å². The molecule has 0 saturated carbocycles. The molecule has 6 heteroatoms. The molecular weight excluding hydrogens is 244 g/mol. The predicted molar refractivity (Wildman–Crippen MR) is 75.7 cm³/mol. The highest BCUT2D eigenvalue weighted by atomic mass is 16.6. The van der Waals surface area contributed by atoms with Crippen molar-refractivity contribution in [2.24, 2.45) is 0 Å². The summed E-state index contributed by atoms with van der Waals surface area (Å²) in [5, 5.41) is 14.3. The number of anilines is 2. The number of nitrogens with zero attached hydrogens (tertiary/aromatic N) is 3. The van der Waals surface area contributed by atoms with Gasteiger partial charge < -0.3 is 10.2 Å². The van der Waals surface area contributed by atoms with Crippen molar-refractivity contribution >= 4 is 17.3 Å². The van der Waals surface area contributed by atoms with Gasteiger partial charge in [-0.3, -0.25) is 10.1 Å². The molecule has 19 heavy (non-hydrogen) atoms. The Morgan fingerprint density at radius 2 is 2.11 bits per heavy atom. The van der Waals surface area contributed by atoms with Gasteiger partial charge in [0, 0.05) is 25.7 Å². The molecule has 0 radical (unpaired) electrons. The van der Waals surface area contributed by atoms with Crippen LogP contribution in [0.25, 0.3) is 0 Å². The van der Waals surface area contributed by atoms with E-state index in [9.17, 15) is 10.1 Å². The summed E-state index contributed by atoms with van der Waals surface area (Å²) < 4.78 is 0. The lowest BCUT2D eigenvalue weighted by molar-refractivity contribution is -0.384. The van der Waals surface area contributed by atoms with Crippen molar-refractivity contribution in [1.29, 1.82) is 0 Å². The molecule has 104 valence electrons. The molecule has 0 bridgehead atoms. The molecule has 1 aliphatic heterocycles. The average molecular weight is 264 g/mol. The minimum atomic E-state index is -0.347. The normalized spacial score (nSPS) is 15.3. The molecule has 0 aliphatic carbocycles. The van der Waals surface area contributed by atoms with Crippen LogP contribution in [0.15, 0.2) is 12.1 Å². The molecule has 1 saturated heterocycles. The number of hydrogen-bond acceptors (Lipinski definition) is 5. The van der Waals surface area contributed by atoms with E-state index in [-0.39, 0.29) is 10.6 Å². The minimum Gasteiger partial charge on any atom is -0.370 e. The summed E-state index contributed by atoms with van der Waals surface area (Å²) in [6, 6.07) is 3.23. The lowest BCUT2D eigenvalue weighted by atomic mass is 10.1. The standard InChI is InChI=1S/C13H20N4O2/c1-2-8-14-12-7-6-11(17(18)19)13(15-12)16-9-4-3-5-10-16/h6-7H,2-5,8-10H2,1H3,(H,14,15). The van der Waals surface area contributed by atoms with E-state index in [0.717, 1.165) is 38.9 Å². The van der Waals surface area contributed by atoms with E-state index in [1.807, 2.05) is 4.90 Å². The predicted octanol–water partition coefficient (Wildman–Crippen LogP) is 2.80. The van der Waals surface area contributed by atoms with Crippen molar-refractivity contribution < 1.29 is 4.92 Å².